The number of halogens is 1. The van der Waals surface area contributed by atoms with E-state index in [0.717, 1.165) is 0 Å². The molecule has 0 bridgehead atoms. The van der Waals surface area contributed by atoms with Crippen LogP contribution in [-0.4, -0.2) is 0 Å². The van der Waals surface area contributed by atoms with Crippen LogP contribution in [0.5, 0.6) is 0 Å². The lowest BCUT2D eigenvalue weighted by Gasteiger charge is -2.26. The molecule has 0 aliphatic heterocycles. The van der Waals surface area contributed by atoms with E-state index in [1.54, 1.807) is 11.1 Å². The minimum atomic E-state index is 0.251. The maximum atomic E-state index is 6.69. The summed E-state index contributed by atoms with van der Waals surface area (Å²) in [6.07, 6.45) is 10.7. The summed E-state index contributed by atoms with van der Waals surface area (Å²) in [6.45, 7) is 0. The first-order valence-electron chi connectivity index (χ1n) is 7.10. The van der Waals surface area contributed by atoms with Gasteiger partial charge in [-0.05, 0) is 54.7 Å². The highest BCUT2D eigenvalue weighted by atomic mass is 35.5. The Morgan fingerprint density at radius 2 is 1.71 bits per heavy atom. The summed E-state index contributed by atoms with van der Waals surface area (Å²) in [6, 6.07) is 6.97. The molecule has 1 fully saturated rings. The quantitative estimate of drug-likeness (QED) is 0.644. The number of rotatable bonds is 2. The predicted molar refractivity (Wildman–Crippen MR) is 73.6 cm³/mol. The molecule has 0 aromatic heterocycles. The van der Waals surface area contributed by atoms with Crippen LogP contribution in [0, 0.1) is 5.92 Å². The monoisotopic (exact) mass is 248 g/mol. The molecule has 1 saturated carbocycles. The van der Waals surface area contributed by atoms with Crippen LogP contribution in [0.3, 0.4) is 0 Å². The van der Waals surface area contributed by atoms with Crippen molar-refractivity contribution in [1.29, 1.82) is 0 Å². The lowest BCUT2D eigenvalue weighted by molar-refractivity contribution is 0.348. The van der Waals surface area contributed by atoms with Crippen LogP contribution in [0.1, 0.15) is 60.6 Å². The van der Waals surface area contributed by atoms with E-state index < -0.39 is 0 Å². The lowest BCUT2D eigenvalue weighted by Crippen LogP contribution is -2.12. The molecule has 1 heteroatoms. The molecule has 17 heavy (non-hydrogen) atoms. The van der Waals surface area contributed by atoms with E-state index in [4.69, 9.17) is 11.6 Å². The average molecular weight is 249 g/mol. The van der Waals surface area contributed by atoms with Gasteiger partial charge in [0.15, 0.2) is 0 Å². The molecule has 1 aromatic rings. The highest BCUT2D eigenvalue weighted by Gasteiger charge is 2.24. The number of benzene rings is 1. The second-order valence-corrected chi connectivity index (χ2v) is 6.15. The molecule has 0 amide bonds. The van der Waals surface area contributed by atoms with Gasteiger partial charge in [-0.15, -0.1) is 11.6 Å². The summed E-state index contributed by atoms with van der Waals surface area (Å²) < 4.78 is 0. The highest BCUT2D eigenvalue weighted by Crippen LogP contribution is 2.39. The maximum absolute atomic E-state index is 6.69. The third-order valence-corrected chi connectivity index (χ3v) is 5.11. The third-order valence-electron chi connectivity index (χ3n) is 4.50. The van der Waals surface area contributed by atoms with Crippen LogP contribution >= 0.6 is 11.6 Å². The fourth-order valence-corrected chi connectivity index (χ4v) is 3.85. The van der Waals surface area contributed by atoms with Crippen LogP contribution in [0.4, 0.5) is 0 Å². The van der Waals surface area contributed by atoms with Crippen molar-refractivity contribution in [3.63, 3.8) is 0 Å². The van der Waals surface area contributed by atoms with Gasteiger partial charge in [0.2, 0.25) is 0 Å². The fourth-order valence-electron chi connectivity index (χ4n) is 3.46. The highest BCUT2D eigenvalue weighted by molar-refractivity contribution is 6.21. The van der Waals surface area contributed by atoms with Gasteiger partial charge in [0.25, 0.3) is 0 Å². The lowest BCUT2D eigenvalue weighted by atomic mass is 9.84. The Labute approximate surface area is 109 Å². The standard InChI is InChI=1S/C16H21Cl/c17-16(13-5-2-1-3-6-13)15-10-9-12-7-4-8-14(12)11-15/h9-11,13,16H,1-8H2. The molecule has 0 N–H and O–H groups in total. The molecular formula is C16H21Cl. The molecule has 0 radical (unpaired) electrons. The van der Waals surface area contributed by atoms with E-state index in [-0.39, 0.29) is 5.38 Å². The minimum Gasteiger partial charge on any atom is -0.118 e. The molecular weight excluding hydrogens is 228 g/mol. The Balaban J connectivity index is 1.78. The van der Waals surface area contributed by atoms with Gasteiger partial charge in [0, 0.05) is 0 Å². The van der Waals surface area contributed by atoms with Crippen molar-refractivity contribution >= 4 is 11.6 Å². The van der Waals surface area contributed by atoms with E-state index in [9.17, 15) is 0 Å². The van der Waals surface area contributed by atoms with Gasteiger partial charge >= 0.3 is 0 Å². The Bertz CT molecular complexity index is 391. The van der Waals surface area contributed by atoms with Gasteiger partial charge in [0.1, 0.15) is 0 Å². The molecule has 1 unspecified atom stereocenters. The fraction of sp³-hybridized carbons (Fsp3) is 0.625. The second-order valence-electron chi connectivity index (χ2n) is 5.68. The summed E-state index contributed by atoms with van der Waals surface area (Å²) in [7, 11) is 0. The van der Waals surface area contributed by atoms with Crippen LogP contribution < -0.4 is 0 Å². The minimum absolute atomic E-state index is 0.251. The smallest absolute Gasteiger partial charge is 0.0613 e. The van der Waals surface area contributed by atoms with E-state index >= 15 is 0 Å². The van der Waals surface area contributed by atoms with Crippen LogP contribution in [0.2, 0.25) is 0 Å². The van der Waals surface area contributed by atoms with Crippen molar-refractivity contribution in [3.05, 3.63) is 34.9 Å². The molecule has 0 saturated heterocycles. The number of hydrogen-bond donors (Lipinski definition) is 0. The zero-order chi connectivity index (χ0) is 11.7. The van der Waals surface area contributed by atoms with E-state index in [1.807, 2.05) is 0 Å². The zero-order valence-electron chi connectivity index (χ0n) is 10.4. The van der Waals surface area contributed by atoms with Crippen molar-refractivity contribution < 1.29 is 0 Å². The summed E-state index contributed by atoms with van der Waals surface area (Å²) in [4.78, 5) is 0. The topological polar surface area (TPSA) is 0 Å². The average Bonchev–Trinajstić information content (AvgIpc) is 2.86. The summed E-state index contributed by atoms with van der Waals surface area (Å²) in [5.41, 5.74) is 4.49. The molecule has 2 aliphatic carbocycles. The molecule has 0 nitrogen and oxygen atoms in total. The van der Waals surface area contributed by atoms with Crippen LogP contribution in [0.25, 0.3) is 0 Å². The van der Waals surface area contributed by atoms with Gasteiger partial charge in [-0.1, -0.05) is 37.5 Å². The number of aryl methyl sites for hydroxylation is 2. The number of alkyl halides is 1. The zero-order valence-corrected chi connectivity index (χ0v) is 11.2. The molecule has 1 aromatic carbocycles. The third kappa shape index (κ3) is 2.38. The van der Waals surface area contributed by atoms with Gasteiger partial charge in [0.05, 0.1) is 5.38 Å². The predicted octanol–water partition coefficient (Wildman–Crippen LogP) is 5.04. The molecule has 0 spiro atoms. The molecule has 0 heterocycles. The van der Waals surface area contributed by atoms with Gasteiger partial charge in [-0.3, -0.25) is 0 Å². The van der Waals surface area contributed by atoms with Crippen molar-refractivity contribution in [2.45, 2.75) is 56.7 Å². The van der Waals surface area contributed by atoms with Crippen molar-refractivity contribution in [1.82, 2.24) is 0 Å². The Hall–Kier alpha value is -0.490. The molecule has 2 aliphatic rings. The molecule has 92 valence electrons. The normalized spacial score (nSPS) is 22.4. The van der Waals surface area contributed by atoms with E-state index in [1.165, 1.54) is 56.9 Å². The van der Waals surface area contributed by atoms with Gasteiger partial charge in [-0.25, -0.2) is 0 Å². The van der Waals surface area contributed by atoms with Crippen LogP contribution in [0.15, 0.2) is 18.2 Å². The van der Waals surface area contributed by atoms with Gasteiger partial charge < -0.3 is 0 Å². The Morgan fingerprint density at radius 3 is 2.53 bits per heavy atom. The van der Waals surface area contributed by atoms with Gasteiger partial charge in [-0.2, -0.15) is 0 Å². The van der Waals surface area contributed by atoms with E-state index in [2.05, 4.69) is 18.2 Å². The second kappa shape index (κ2) is 5.02. The first kappa shape index (κ1) is 11.6. The maximum Gasteiger partial charge on any atom is 0.0613 e. The number of fused-ring (bicyclic) bond motifs is 1. The first-order chi connectivity index (χ1) is 8.34. The number of hydrogen-bond acceptors (Lipinski definition) is 0. The molecule has 3 rings (SSSR count). The first-order valence-corrected chi connectivity index (χ1v) is 7.54. The SMILES string of the molecule is ClC(c1ccc2c(c1)CCC2)C1CCCCC1. The molecule has 1 atom stereocenters. The van der Waals surface area contributed by atoms with Crippen LogP contribution in [-0.2, 0) is 12.8 Å². The van der Waals surface area contributed by atoms with Crippen molar-refractivity contribution in [2.75, 3.05) is 0 Å². The summed E-state index contributed by atoms with van der Waals surface area (Å²) >= 11 is 6.69. The van der Waals surface area contributed by atoms with Crippen molar-refractivity contribution in [2.24, 2.45) is 5.92 Å². The van der Waals surface area contributed by atoms with E-state index in [0.29, 0.717) is 5.92 Å². The summed E-state index contributed by atoms with van der Waals surface area (Å²) in [5, 5.41) is 0.251. The Morgan fingerprint density at radius 1 is 0.941 bits per heavy atom. The Kier molecular flexibility index (Phi) is 3.42. The van der Waals surface area contributed by atoms with Crippen molar-refractivity contribution in [3.8, 4) is 0 Å². The largest absolute Gasteiger partial charge is 0.118 e. The summed E-state index contributed by atoms with van der Waals surface area (Å²) in [5.74, 6) is 0.713.